The zero-order valence-corrected chi connectivity index (χ0v) is 14.0. The number of H-pyrrole nitrogens is 2. The third-order valence-electron chi connectivity index (χ3n) is 4.58. The summed E-state index contributed by atoms with van der Waals surface area (Å²) in [6.07, 6.45) is 1.72. The predicted octanol–water partition coefficient (Wildman–Crippen LogP) is 3.24. The summed E-state index contributed by atoms with van der Waals surface area (Å²) in [5.74, 6) is -0.537. The third kappa shape index (κ3) is 2.10. The number of fused-ring (bicyclic) bond motifs is 4. The van der Waals surface area contributed by atoms with E-state index in [0.717, 1.165) is 5.39 Å². The lowest BCUT2D eigenvalue weighted by Crippen LogP contribution is -1.92. The highest BCUT2D eigenvalue weighted by atomic mass is 16.5. The normalized spacial score (nSPS) is 11.6. The molecule has 3 aromatic heterocycles. The van der Waals surface area contributed by atoms with Gasteiger partial charge < -0.3 is 24.5 Å². The van der Waals surface area contributed by atoms with E-state index >= 15 is 0 Å². The fourth-order valence-electron chi connectivity index (χ4n) is 3.35. The number of phenols is 2. The molecule has 0 amide bonds. The van der Waals surface area contributed by atoms with Gasteiger partial charge in [-0.25, -0.2) is 4.98 Å². The van der Waals surface area contributed by atoms with Gasteiger partial charge in [0.2, 0.25) is 5.75 Å². The van der Waals surface area contributed by atoms with E-state index in [9.17, 15) is 15.0 Å². The monoisotopic (exact) mass is 363 g/mol. The van der Waals surface area contributed by atoms with Gasteiger partial charge in [-0.3, -0.25) is 9.89 Å². The van der Waals surface area contributed by atoms with Gasteiger partial charge in [-0.15, -0.1) is 0 Å². The molecule has 0 spiro atoms. The molecule has 0 aliphatic rings. The van der Waals surface area contributed by atoms with Crippen LogP contribution in [-0.4, -0.2) is 32.5 Å². The van der Waals surface area contributed by atoms with E-state index in [1.54, 1.807) is 18.3 Å². The van der Waals surface area contributed by atoms with Crippen molar-refractivity contribution in [3.8, 4) is 28.4 Å². The van der Waals surface area contributed by atoms with Gasteiger partial charge in [0.1, 0.15) is 11.1 Å². The van der Waals surface area contributed by atoms with Gasteiger partial charge in [-0.2, -0.15) is 0 Å². The zero-order valence-electron chi connectivity index (χ0n) is 14.0. The number of aromatic hydroxyl groups is 2. The number of pyridine rings is 1. The summed E-state index contributed by atoms with van der Waals surface area (Å²) in [5.41, 5.74) is 3.10. The molecule has 0 aliphatic carbocycles. The highest BCUT2D eigenvalue weighted by molar-refractivity contribution is 6.14. The number of methoxy groups -OCH3 is 1. The fraction of sp³-hybridized carbons (Fsp3) is 0.0526. The van der Waals surface area contributed by atoms with Crippen LogP contribution in [0.2, 0.25) is 0 Å². The molecule has 0 bridgehead atoms. The second-order valence-electron chi connectivity index (χ2n) is 6.15. The first-order valence-electron chi connectivity index (χ1n) is 8.09. The Kier molecular flexibility index (Phi) is 3.00. The number of hydrogen-bond acceptors (Lipinski definition) is 6. The fourth-order valence-corrected chi connectivity index (χ4v) is 3.35. The number of hydrogen-bond donors (Lipinski definition) is 4. The van der Waals surface area contributed by atoms with Crippen molar-refractivity contribution in [2.75, 3.05) is 7.11 Å². The maximum Gasteiger partial charge on any atom is 0.200 e. The largest absolute Gasteiger partial charge is 0.504 e. The smallest absolute Gasteiger partial charge is 0.200 e. The van der Waals surface area contributed by atoms with Crippen LogP contribution in [0.25, 0.3) is 44.2 Å². The maximum absolute atomic E-state index is 11.7. The molecule has 2 aromatic carbocycles. The molecule has 3 heterocycles. The Morgan fingerprint density at radius 2 is 2.00 bits per heavy atom. The van der Waals surface area contributed by atoms with Gasteiger partial charge >= 0.3 is 0 Å². The number of nitrogens with zero attached hydrogens (tertiary/aromatic N) is 1. The number of aromatic amines is 2. The Hall–Kier alpha value is -3.94. The molecule has 0 radical (unpaired) electrons. The van der Waals surface area contributed by atoms with Crippen molar-refractivity contribution in [3.63, 3.8) is 0 Å². The first-order chi connectivity index (χ1) is 13.1. The predicted molar refractivity (Wildman–Crippen MR) is 99.3 cm³/mol. The standard InChI is InChI=1S/C19H13N3O5/c1-26-14-5-8(4-12(24)17(14)25)15-11-7-20-22-19(11)21-16-10-3-2-9(23)6-13(10)27-18(15)16/h2-7,24-25H,1H3,(H2,20,21,22). The summed E-state index contributed by atoms with van der Waals surface area (Å²) >= 11 is 0. The molecule has 5 rings (SSSR count). The van der Waals surface area contributed by atoms with Crippen molar-refractivity contribution < 1.29 is 19.4 Å². The number of ether oxygens (including phenoxy) is 1. The number of benzene rings is 2. The summed E-state index contributed by atoms with van der Waals surface area (Å²) < 4.78 is 11.1. The van der Waals surface area contributed by atoms with Crippen LogP contribution in [0.1, 0.15) is 0 Å². The van der Waals surface area contributed by atoms with Crippen LogP contribution in [0.3, 0.4) is 0 Å². The van der Waals surface area contributed by atoms with Crippen LogP contribution in [0.15, 0.2) is 45.7 Å². The third-order valence-corrected chi connectivity index (χ3v) is 4.58. The summed E-state index contributed by atoms with van der Waals surface area (Å²) in [7, 11) is 1.40. The quantitative estimate of drug-likeness (QED) is 0.357. The van der Waals surface area contributed by atoms with Crippen molar-refractivity contribution >= 4 is 33.1 Å². The van der Waals surface area contributed by atoms with Crippen LogP contribution in [-0.2, 0) is 0 Å². The molecule has 8 nitrogen and oxygen atoms in total. The average molecular weight is 363 g/mol. The van der Waals surface area contributed by atoms with Crippen LogP contribution in [0, 0.1) is 0 Å². The molecule has 8 heteroatoms. The Morgan fingerprint density at radius 1 is 1.15 bits per heavy atom. The number of phenolic OH excluding ortho intramolecular Hbond substituents is 2. The Bertz CT molecular complexity index is 1410. The zero-order chi connectivity index (χ0) is 18.7. The van der Waals surface area contributed by atoms with Gasteiger partial charge in [0.05, 0.1) is 7.11 Å². The molecule has 5 aromatic rings. The van der Waals surface area contributed by atoms with Gasteiger partial charge in [-0.1, -0.05) is 0 Å². The molecular formula is C19H13N3O5. The highest BCUT2D eigenvalue weighted by Crippen LogP contribution is 2.44. The first kappa shape index (κ1) is 15.3. The van der Waals surface area contributed by atoms with Crippen LogP contribution in [0.4, 0.5) is 0 Å². The molecule has 0 saturated carbocycles. The lowest BCUT2D eigenvalue weighted by atomic mass is 10.0. The van der Waals surface area contributed by atoms with Gasteiger partial charge in [-0.05, 0) is 29.8 Å². The molecule has 134 valence electrons. The minimum atomic E-state index is -0.343. The van der Waals surface area contributed by atoms with Crippen molar-refractivity contribution in [3.05, 3.63) is 46.8 Å². The Labute approximate surface area is 150 Å². The number of aromatic nitrogens is 3. The van der Waals surface area contributed by atoms with Crippen molar-refractivity contribution in [2.45, 2.75) is 0 Å². The molecule has 4 N–H and O–H groups in total. The highest BCUT2D eigenvalue weighted by Gasteiger charge is 2.21. The van der Waals surface area contributed by atoms with E-state index in [2.05, 4.69) is 15.2 Å². The van der Waals surface area contributed by atoms with Crippen molar-refractivity contribution in [2.24, 2.45) is 0 Å². The summed E-state index contributed by atoms with van der Waals surface area (Å²) in [4.78, 5) is 16.3. The topological polar surface area (TPSA) is 124 Å². The van der Waals surface area contributed by atoms with E-state index in [1.165, 1.54) is 25.3 Å². The van der Waals surface area contributed by atoms with E-state index in [-0.39, 0.29) is 22.7 Å². The molecule has 27 heavy (non-hydrogen) atoms. The van der Waals surface area contributed by atoms with Crippen LogP contribution >= 0.6 is 0 Å². The molecule has 0 saturated heterocycles. The lowest BCUT2D eigenvalue weighted by molar-refractivity contribution is 0.351. The van der Waals surface area contributed by atoms with Gasteiger partial charge in [0, 0.05) is 28.6 Å². The lowest BCUT2D eigenvalue weighted by Gasteiger charge is -2.10. The second-order valence-corrected chi connectivity index (χ2v) is 6.15. The number of rotatable bonds is 2. The van der Waals surface area contributed by atoms with Gasteiger partial charge in [0.15, 0.2) is 28.2 Å². The van der Waals surface area contributed by atoms with E-state index < -0.39 is 0 Å². The Morgan fingerprint density at radius 3 is 2.81 bits per heavy atom. The summed E-state index contributed by atoms with van der Waals surface area (Å²) in [6, 6.07) is 7.57. The van der Waals surface area contributed by atoms with Crippen molar-refractivity contribution in [1.82, 2.24) is 15.2 Å². The van der Waals surface area contributed by atoms with Crippen LogP contribution in [0.5, 0.6) is 17.2 Å². The van der Waals surface area contributed by atoms with Gasteiger partial charge in [0.25, 0.3) is 0 Å². The summed E-state index contributed by atoms with van der Waals surface area (Å²) in [5, 5.41) is 27.3. The SMILES string of the molecule is COc1cc(-c2c3c[nH][nH]c3nc3c2oc2cc(=O)ccc23)cc(O)c1O. The average Bonchev–Trinajstić information content (AvgIpc) is 3.25. The molecular weight excluding hydrogens is 350 g/mol. The second kappa shape index (κ2) is 5.28. The number of furan rings is 1. The summed E-state index contributed by atoms with van der Waals surface area (Å²) in [6.45, 7) is 0. The first-order valence-corrected chi connectivity index (χ1v) is 8.09. The minimum absolute atomic E-state index is 0.126. The van der Waals surface area contributed by atoms with Crippen molar-refractivity contribution in [1.29, 1.82) is 0 Å². The number of nitrogens with one attached hydrogen (secondary N) is 2. The van der Waals surface area contributed by atoms with E-state index in [0.29, 0.717) is 38.8 Å². The van der Waals surface area contributed by atoms with E-state index in [1.807, 2.05) is 0 Å². The molecule has 0 aliphatic heterocycles. The maximum atomic E-state index is 11.7. The van der Waals surface area contributed by atoms with Crippen LogP contribution < -0.4 is 10.2 Å². The van der Waals surface area contributed by atoms with E-state index in [4.69, 9.17) is 9.15 Å². The Balaban J connectivity index is 1.98. The minimum Gasteiger partial charge on any atom is -0.504 e. The molecule has 0 fully saturated rings. The molecule has 0 atom stereocenters. The molecule has 0 unspecified atom stereocenters.